The maximum Gasteiger partial charge on any atom is 0.241 e. The molecule has 1 aliphatic rings. The van der Waals surface area contributed by atoms with Crippen LogP contribution in [-0.2, 0) is 16.6 Å². The lowest BCUT2D eigenvalue weighted by Gasteiger charge is -2.11. The molecule has 1 heterocycles. The molecular weight excluding hydrogens is 338 g/mol. The first kappa shape index (κ1) is 16.1. The first-order chi connectivity index (χ1) is 10.9. The molecule has 0 amide bonds. The Balaban J connectivity index is 1.81. The van der Waals surface area contributed by atoms with Crippen molar-refractivity contribution in [1.82, 2.24) is 4.72 Å². The zero-order chi connectivity index (χ0) is 16.6. The van der Waals surface area contributed by atoms with Crippen molar-refractivity contribution in [2.24, 2.45) is 0 Å². The van der Waals surface area contributed by atoms with Crippen LogP contribution in [0.3, 0.4) is 0 Å². The van der Waals surface area contributed by atoms with Gasteiger partial charge in [0.25, 0.3) is 0 Å². The summed E-state index contributed by atoms with van der Waals surface area (Å²) in [4.78, 5) is 0.236. The highest BCUT2D eigenvalue weighted by atomic mass is 35.5. The van der Waals surface area contributed by atoms with Crippen molar-refractivity contribution >= 4 is 21.6 Å². The first-order valence-corrected chi connectivity index (χ1v) is 8.88. The fraction of sp³-hybridized carbons (Fsp3) is 0.250. The minimum Gasteiger partial charge on any atom is -0.454 e. The Kier molecular flexibility index (Phi) is 4.23. The van der Waals surface area contributed by atoms with Crippen molar-refractivity contribution in [2.45, 2.75) is 25.3 Å². The van der Waals surface area contributed by atoms with Gasteiger partial charge in [0.05, 0.1) is 4.90 Å². The van der Waals surface area contributed by atoms with Crippen molar-refractivity contribution in [1.29, 1.82) is 0 Å². The number of sulfonamides is 1. The predicted molar refractivity (Wildman–Crippen MR) is 87.5 cm³/mol. The van der Waals surface area contributed by atoms with E-state index < -0.39 is 10.0 Å². The van der Waals surface area contributed by atoms with Crippen LogP contribution in [0.1, 0.15) is 16.7 Å². The summed E-state index contributed by atoms with van der Waals surface area (Å²) >= 11 is 6.02. The van der Waals surface area contributed by atoms with Gasteiger partial charge in [0.15, 0.2) is 11.5 Å². The molecule has 1 aliphatic heterocycles. The Hall–Kier alpha value is -1.76. The number of fused-ring (bicyclic) bond motifs is 1. The topological polar surface area (TPSA) is 64.6 Å². The minimum absolute atomic E-state index is 0.167. The molecule has 0 fully saturated rings. The highest BCUT2D eigenvalue weighted by Crippen LogP contribution is 2.32. The van der Waals surface area contributed by atoms with Gasteiger partial charge in [0, 0.05) is 11.6 Å². The summed E-state index contributed by atoms with van der Waals surface area (Å²) in [5.74, 6) is 1.29. The van der Waals surface area contributed by atoms with Crippen molar-refractivity contribution in [3.63, 3.8) is 0 Å². The fourth-order valence-electron chi connectivity index (χ4n) is 2.35. The number of hydrogen-bond acceptors (Lipinski definition) is 4. The Morgan fingerprint density at radius 3 is 2.61 bits per heavy atom. The zero-order valence-electron chi connectivity index (χ0n) is 12.7. The highest BCUT2D eigenvalue weighted by Gasteiger charge is 2.19. The molecule has 122 valence electrons. The summed E-state index contributed by atoms with van der Waals surface area (Å²) in [7, 11) is -3.62. The molecule has 3 rings (SSSR count). The van der Waals surface area contributed by atoms with Crippen LogP contribution in [0.5, 0.6) is 11.5 Å². The number of aryl methyl sites for hydroxylation is 2. The largest absolute Gasteiger partial charge is 0.454 e. The smallest absolute Gasteiger partial charge is 0.241 e. The third kappa shape index (κ3) is 3.29. The van der Waals surface area contributed by atoms with E-state index in [0.717, 1.165) is 11.1 Å². The predicted octanol–water partition coefficient (Wildman–Crippen LogP) is 3.16. The van der Waals surface area contributed by atoms with Crippen LogP contribution < -0.4 is 14.2 Å². The molecule has 5 nitrogen and oxygen atoms in total. The Morgan fingerprint density at radius 2 is 1.83 bits per heavy atom. The van der Waals surface area contributed by atoms with E-state index in [2.05, 4.69) is 4.72 Å². The molecule has 0 aromatic heterocycles. The van der Waals surface area contributed by atoms with Gasteiger partial charge in [-0.25, -0.2) is 13.1 Å². The van der Waals surface area contributed by atoms with Crippen LogP contribution in [0.2, 0.25) is 5.02 Å². The summed E-state index contributed by atoms with van der Waals surface area (Å²) in [6.07, 6.45) is 0. The number of ether oxygens (including phenoxy) is 2. The average Bonchev–Trinajstić information content (AvgIpc) is 2.96. The van der Waals surface area contributed by atoms with Gasteiger partial charge in [-0.2, -0.15) is 0 Å². The average molecular weight is 354 g/mol. The lowest BCUT2D eigenvalue weighted by molar-refractivity contribution is 0.174. The first-order valence-electron chi connectivity index (χ1n) is 7.02. The van der Waals surface area contributed by atoms with Gasteiger partial charge in [-0.15, -0.1) is 0 Å². The summed E-state index contributed by atoms with van der Waals surface area (Å²) in [5, 5.41) is 0.553. The summed E-state index contributed by atoms with van der Waals surface area (Å²) < 4.78 is 38.2. The van der Waals surface area contributed by atoms with Crippen molar-refractivity contribution in [2.75, 3.05) is 6.79 Å². The SMILES string of the molecule is Cc1cc(S(=O)(=O)NCc2ccc3c(c2)OCO3)c(C)cc1Cl. The molecule has 0 unspecified atom stereocenters. The third-order valence-electron chi connectivity index (χ3n) is 3.65. The summed E-state index contributed by atoms with van der Waals surface area (Å²) in [6.45, 7) is 3.85. The van der Waals surface area contributed by atoms with Gasteiger partial charge in [0.2, 0.25) is 16.8 Å². The highest BCUT2D eigenvalue weighted by molar-refractivity contribution is 7.89. The van der Waals surface area contributed by atoms with Gasteiger partial charge in [0.1, 0.15) is 0 Å². The standard InChI is InChI=1S/C16H16ClNO4S/c1-10-6-16(11(2)5-13(10)17)23(19,20)18-8-12-3-4-14-15(7-12)22-9-21-14/h3-7,18H,8-9H2,1-2H3. The number of rotatable bonds is 4. The van der Waals surface area contributed by atoms with E-state index in [4.69, 9.17) is 21.1 Å². The van der Waals surface area contributed by atoms with Crippen LogP contribution in [0.15, 0.2) is 35.2 Å². The second-order valence-electron chi connectivity index (χ2n) is 5.38. The molecule has 0 saturated heterocycles. The van der Waals surface area contributed by atoms with Crippen LogP contribution in [0.4, 0.5) is 0 Å². The van der Waals surface area contributed by atoms with Gasteiger partial charge in [-0.1, -0.05) is 17.7 Å². The Morgan fingerprint density at radius 1 is 1.09 bits per heavy atom. The molecule has 0 radical (unpaired) electrons. The molecule has 1 N–H and O–H groups in total. The monoisotopic (exact) mass is 353 g/mol. The summed E-state index contributed by atoms with van der Waals surface area (Å²) in [6, 6.07) is 8.58. The number of hydrogen-bond donors (Lipinski definition) is 1. The number of halogens is 1. The molecule has 0 bridgehead atoms. The van der Waals surface area contributed by atoms with Crippen LogP contribution in [-0.4, -0.2) is 15.2 Å². The number of benzene rings is 2. The Labute approximate surface area is 140 Å². The summed E-state index contributed by atoms with van der Waals surface area (Å²) in [5.41, 5.74) is 2.13. The molecule has 2 aromatic carbocycles. The van der Waals surface area contributed by atoms with Crippen molar-refractivity contribution < 1.29 is 17.9 Å². The fourth-order valence-corrected chi connectivity index (χ4v) is 3.90. The van der Waals surface area contributed by atoms with E-state index in [0.29, 0.717) is 22.1 Å². The third-order valence-corrected chi connectivity index (χ3v) is 5.60. The normalized spacial score (nSPS) is 13.3. The molecule has 7 heteroatoms. The molecule has 0 saturated carbocycles. The molecule has 23 heavy (non-hydrogen) atoms. The molecule has 0 aliphatic carbocycles. The van der Waals surface area contributed by atoms with Gasteiger partial charge in [-0.3, -0.25) is 0 Å². The Bertz CT molecular complexity index is 865. The van der Waals surface area contributed by atoms with Crippen LogP contribution in [0.25, 0.3) is 0 Å². The minimum atomic E-state index is -3.62. The zero-order valence-corrected chi connectivity index (χ0v) is 14.3. The van der Waals surface area contributed by atoms with Gasteiger partial charge >= 0.3 is 0 Å². The number of nitrogens with one attached hydrogen (secondary N) is 1. The maximum absolute atomic E-state index is 12.5. The van der Waals surface area contributed by atoms with E-state index in [-0.39, 0.29) is 18.2 Å². The maximum atomic E-state index is 12.5. The van der Waals surface area contributed by atoms with E-state index >= 15 is 0 Å². The molecule has 0 spiro atoms. The van der Waals surface area contributed by atoms with E-state index in [1.54, 1.807) is 44.2 Å². The molecular formula is C16H16ClNO4S. The van der Waals surface area contributed by atoms with Crippen molar-refractivity contribution in [3.05, 3.63) is 52.0 Å². The van der Waals surface area contributed by atoms with Gasteiger partial charge < -0.3 is 9.47 Å². The van der Waals surface area contributed by atoms with Gasteiger partial charge in [-0.05, 0) is 54.8 Å². The molecule has 0 atom stereocenters. The van der Waals surface area contributed by atoms with E-state index in [9.17, 15) is 8.42 Å². The van der Waals surface area contributed by atoms with E-state index in [1.165, 1.54) is 0 Å². The quantitative estimate of drug-likeness (QED) is 0.917. The second kappa shape index (κ2) is 6.03. The second-order valence-corrected chi connectivity index (χ2v) is 7.52. The lowest BCUT2D eigenvalue weighted by atomic mass is 10.2. The molecule has 2 aromatic rings. The van der Waals surface area contributed by atoms with Crippen molar-refractivity contribution in [3.8, 4) is 11.5 Å². The van der Waals surface area contributed by atoms with Crippen LogP contribution in [0, 0.1) is 13.8 Å². The van der Waals surface area contributed by atoms with E-state index in [1.807, 2.05) is 0 Å². The lowest BCUT2D eigenvalue weighted by Crippen LogP contribution is -2.24. The van der Waals surface area contributed by atoms with Crippen LogP contribution >= 0.6 is 11.6 Å².